The van der Waals surface area contributed by atoms with Gasteiger partial charge in [-0.2, -0.15) is 13.5 Å². The molecule has 168 valence electrons. The molecule has 0 aliphatic heterocycles. The molecule has 9 heteroatoms. The fourth-order valence-corrected chi connectivity index (χ4v) is 5.33. The minimum absolute atomic E-state index is 0.0305. The topological polar surface area (TPSA) is 96.9 Å². The third-order valence-electron chi connectivity index (χ3n) is 4.26. The number of guanidine groups is 1. The first-order chi connectivity index (χ1) is 15.8. The van der Waals surface area contributed by atoms with Crippen LogP contribution in [0.3, 0.4) is 0 Å². The second-order valence-corrected chi connectivity index (χ2v) is 9.78. The Morgan fingerprint density at radius 2 is 1.79 bits per heavy atom. The van der Waals surface area contributed by atoms with Gasteiger partial charge in [0.2, 0.25) is 5.96 Å². The van der Waals surface area contributed by atoms with Gasteiger partial charge in [0.25, 0.3) is 10.0 Å². The molecule has 3 aromatic rings. The molecule has 0 saturated heterocycles. The Morgan fingerprint density at radius 3 is 2.48 bits per heavy atom. The van der Waals surface area contributed by atoms with Crippen molar-refractivity contribution >= 4 is 45.6 Å². The number of sulfonamides is 1. The van der Waals surface area contributed by atoms with Crippen molar-refractivity contribution in [1.29, 1.82) is 0 Å². The zero-order chi connectivity index (χ0) is 23.7. The minimum atomic E-state index is -4.11. The van der Waals surface area contributed by atoms with Crippen LogP contribution >= 0.6 is 23.4 Å². The van der Waals surface area contributed by atoms with Crippen LogP contribution in [0.2, 0.25) is 5.02 Å². The number of aryl methyl sites for hydroxylation is 1. The molecule has 0 aromatic heterocycles. The summed E-state index contributed by atoms with van der Waals surface area (Å²) in [6.45, 7) is 1.73. The van der Waals surface area contributed by atoms with E-state index in [-0.39, 0.29) is 10.9 Å². The SMILES string of the molecule is Cc1cc(S(=O)(=O)N=C(N)N/N=C/C#Cc2ccccc2)c(SCc2ccccc2)cc1Cl. The zero-order valence-electron chi connectivity index (χ0n) is 17.7. The van der Waals surface area contributed by atoms with Crippen LogP contribution in [0, 0.1) is 18.8 Å². The van der Waals surface area contributed by atoms with Crippen molar-refractivity contribution in [2.45, 2.75) is 22.5 Å². The summed E-state index contributed by atoms with van der Waals surface area (Å²) in [7, 11) is -4.11. The maximum absolute atomic E-state index is 13.0. The second-order valence-electron chi connectivity index (χ2n) is 6.78. The molecule has 0 unspecified atom stereocenters. The van der Waals surface area contributed by atoms with Gasteiger partial charge in [-0.05, 0) is 48.2 Å². The number of nitrogens with zero attached hydrogens (tertiary/aromatic N) is 2. The molecule has 0 spiro atoms. The van der Waals surface area contributed by atoms with Gasteiger partial charge in [0.15, 0.2) is 0 Å². The standard InChI is InChI=1S/C24H21ClN4O2S2/c1-18-15-23(22(16-21(18)25)32-17-20-11-6-3-7-12-20)33(30,31)29-24(26)28-27-14-8-13-19-9-4-2-5-10-19/h2-7,9-12,14-16H,17H2,1H3,(H3,26,28,29)/b27-14+. The maximum Gasteiger partial charge on any atom is 0.286 e. The Hall–Kier alpha value is -3.25. The number of hydrogen-bond acceptors (Lipinski definition) is 4. The highest BCUT2D eigenvalue weighted by molar-refractivity contribution is 7.99. The monoisotopic (exact) mass is 496 g/mol. The molecule has 3 N–H and O–H groups in total. The van der Waals surface area contributed by atoms with E-state index in [9.17, 15) is 8.42 Å². The number of thioether (sulfide) groups is 1. The van der Waals surface area contributed by atoms with Gasteiger partial charge in [-0.3, -0.25) is 0 Å². The lowest BCUT2D eigenvalue weighted by Gasteiger charge is -2.11. The van der Waals surface area contributed by atoms with E-state index in [0.717, 1.165) is 11.1 Å². The predicted molar refractivity (Wildman–Crippen MR) is 136 cm³/mol. The lowest BCUT2D eigenvalue weighted by atomic mass is 10.2. The van der Waals surface area contributed by atoms with Gasteiger partial charge in [-0.15, -0.1) is 16.2 Å². The number of nitrogens with two attached hydrogens (primary N) is 1. The van der Waals surface area contributed by atoms with Gasteiger partial charge in [-0.25, -0.2) is 5.43 Å². The lowest BCUT2D eigenvalue weighted by Crippen LogP contribution is -2.28. The third kappa shape index (κ3) is 7.39. The summed E-state index contributed by atoms with van der Waals surface area (Å²) in [6, 6.07) is 22.2. The molecule has 0 aliphatic rings. The van der Waals surface area contributed by atoms with E-state index in [1.54, 1.807) is 13.0 Å². The molecule has 0 saturated carbocycles. The summed E-state index contributed by atoms with van der Waals surface area (Å²) in [5.74, 6) is 5.81. The summed E-state index contributed by atoms with van der Waals surface area (Å²) in [5.41, 5.74) is 10.6. The summed E-state index contributed by atoms with van der Waals surface area (Å²) >= 11 is 7.61. The van der Waals surface area contributed by atoms with Crippen molar-refractivity contribution < 1.29 is 8.42 Å². The fourth-order valence-electron chi connectivity index (χ4n) is 2.65. The van der Waals surface area contributed by atoms with Crippen LogP contribution < -0.4 is 11.2 Å². The van der Waals surface area contributed by atoms with Crippen LogP contribution in [-0.2, 0) is 15.8 Å². The molecule has 0 aliphatic carbocycles. The first-order valence-corrected chi connectivity index (χ1v) is 12.6. The van der Waals surface area contributed by atoms with Crippen LogP contribution in [0.4, 0.5) is 0 Å². The van der Waals surface area contributed by atoms with Crippen molar-refractivity contribution in [1.82, 2.24) is 5.43 Å². The highest BCUT2D eigenvalue weighted by Gasteiger charge is 2.21. The largest absolute Gasteiger partial charge is 0.368 e. The number of halogens is 1. The van der Waals surface area contributed by atoms with Gasteiger partial charge in [0.1, 0.15) is 4.90 Å². The number of benzene rings is 3. The molecule has 0 heterocycles. The summed E-state index contributed by atoms with van der Waals surface area (Å²) in [5, 5.41) is 4.27. The highest BCUT2D eigenvalue weighted by atomic mass is 35.5. The van der Waals surface area contributed by atoms with Crippen molar-refractivity contribution in [3.63, 3.8) is 0 Å². The van der Waals surface area contributed by atoms with E-state index >= 15 is 0 Å². The fraction of sp³-hybridized carbons (Fsp3) is 0.0833. The van der Waals surface area contributed by atoms with Crippen molar-refractivity contribution in [3.05, 3.63) is 94.5 Å². The molecule has 0 atom stereocenters. The Balaban J connectivity index is 1.76. The van der Waals surface area contributed by atoms with E-state index in [4.69, 9.17) is 17.3 Å². The van der Waals surface area contributed by atoms with E-state index in [1.165, 1.54) is 24.0 Å². The minimum Gasteiger partial charge on any atom is -0.368 e. The molecule has 3 rings (SSSR count). The molecule has 3 aromatic carbocycles. The summed E-state index contributed by atoms with van der Waals surface area (Å²) in [4.78, 5) is 0.520. The number of nitrogens with one attached hydrogen (secondary N) is 1. The third-order valence-corrected chi connectivity index (χ3v) is 7.25. The molecular weight excluding hydrogens is 476 g/mol. The van der Waals surface area contributed by atoms with Gasteiger partial charge in [0.05, 0.1) is 6.21 Å². The maximum atomic E-state index is 13.0. The Kier molecular flexibility index (Phi) is 8.55. The van der Waals surface area contributed by atoms with Crippen molar-refractivity contribution in [2.75, 3.05) is 0 Å². The van der Waals surface area contributed by atoms with Crippen LogP contribution in [0.15, 0.2) is 92.1 Å². The lowest BCUT2D eigenvalue weighted by molar-refractivity contribution is 0.595. The number of rotatable bonds is 6. The normalized spacial score (nSPS) is 11.8. The van der Waals surface area contributed by atoms with E-state index in [0.29, 0.717) is 21.2 Å². The molecule has 0 amide bonds. The second kappa shape index (κ2) is 11.6. The molecular formula is C24H21ClN4O2S2. The van der Waals surface area contributed by atoms with Gasteiger partial charge >= 0.3 is 0 Å². The molecule has 6 nitrogen and oxygen atoms in total. The first kappa shape index (κ1) is 24.4. The smallest absolute Gasteiger partial charge is 0.286 e. The van der Waals surface area contributed by atoms with Crippen LogP contribution in [-0.4, -0.2) is 20.6 Å². The molecule has 0 fully saturated rings. The Bertz CT molecular complexity index is 1330. The van der Waals surface area contributed by atoms with Gasteiger partial charge < -0.3 is 5.73 Å². The highest BCUT2D eigenvalue weighted by Crippen LogP contribution is 2.34. The number of hydrazone groups is 1. The van der Waals surface area contributed by atoms with Gasteiger partial charge in [0, 0.05) is 21.2 Å². The average molecular weight is 497 g/mol. The summed E-state index contributed by atoms with van der Waals surface area (Å²) < 4.78 is 29.6. The average Bonchev–Trinajstić information content (AvgIpc) is 2.80. The predicted octanol–water partition coefficient (Wildman–Crippen LogP) is 4.57. The molecule has 0 radical (unpaired) electrons. The summed E-state index contributed by atoms with van der Waals surface area (Å²) in [6.07, 6.45) is 1.27. The van der Waals surface area contributed by atoms with Crippen molar-refractivity contribution in [3.8, 4) is 11.8 Å². The van der Waals surface area contributed by atoms with Crippen LogP contribution in [0.25, 0.3) is 0 Å². The number of hydrogen-bond donors (Lipinski definition) is 2. The first-order valence-electron chi connectivity index (χ1n) is 9.76. The Morgan fingerprint density at radius 1 is 1.12 bits per heavy atom. The van der Waals surface area contributed by atoms with Gasteiger partial charge in [-0.1, -0.05) is 66.1 Å². The van der Waals surface area contributed by atoms with E-state index in [1.807, 2.05) is 60.7 Å². The van der Waals surface area contributed by atoms with Crippen LogP contribution in [0.1, 0.15) is 16.7 Å². The Labute approximate surface area is 203 Å². The van der Waals surface area contributed by atoms with E-state index < -0.39 is 10.0 Å². The van der Waals surface area contributed by atoms with Crippen molar-refractivity contribution in [2.24, 2.45) is 15.2 Å². The zero-order valence-corrected chi connectivity index (χ0v) is 20.1. The van der Waals surface area contributed by atoms with E-state index in [2.05, 4.69) is 26.8 Å². The van der Waals surface area contributed by atoms with Crippen LogP contribution in [0.5, 0.6) is 0 Å². The molecule has 33 heavy (non-hydrogen) atoms. The quantitative estimate of drug-likeness (QED) is 0.171. The molecule has 0 bridgehead atoms.